The van der Waals surface area contributed by atoms with Gasteiger partial charge < -0.3 is 20.4 Å². The van der Waals surface area contributed by atoms with E-state index in [0.717, 1.165) is 52.1 Å². The lowest BCUT2D eigenvalue weighted by molar-refractivity contribution is -0.126. The molecule has 2 unspecified atom stereocenters. The molecule has 6 rings (SSSR count). The van der Waals surface area contributed by atoms with Crippen LogP contribution < -0.4 is 10.6 Å². The molecule has 4 aromatic carbocycles. The van der Waals surface area contributed by atoms with Gasteiger partial charge in [0.05, 0.1) is 10.0 Å². The van der Waals surface area contributed by atoms with E-state index >= 15 is 0 Å². The zero-order chi connectivity index (χ0) is 39.2. The fourth-order valence-corrected chi connectivity index (χ4v) is 9.48. The second-order valence-corrected chi connectivity index (χ2v) is 16.9. The number of hydrogen-bond acceptors (Lipinski definition) is 5. The highest BCUT2D eigenvalue weighted by Gasteiger charge is 2.27. The van der Waals surface area contributed by atoms with E-state index in [0.29, 0.717) is 49.1 Å². The van der Waals surface area contributed by atoms with Gasteiger partial charge >= 0.3 is 0 Å². The Balaban J connectivity index is 1.32. The molecule has 0 bridgehead atoms. The van der Waals surface area contributed by atoms with Gasteiger partial charge in [-0.05, 0) is 71.5 Å². The quantitative estimate of drug-likeness (QED) is 0.155. The Kier molecular flexibility index (Phi) is 13.6. The number of hydrogen-bond donors (Lipinski definition) is 2. The minimum absolute atomic E-state index is 0.0560. The van der Waals surface area contributed by atoms with E-state index in [1.807, 2.05) is 72.8 Å². The monoisotopic (exact) mass is 922 g/mol. The van der Waals surface area contributed by atoms with Crippen molar-refractivity contribution in [2.24, 2.45) is 0 Å². The van der Waals surface area contributed by atoms with Gasteiger partial charge in [-0.25, -0.2) is 0 Å². The third kappa shape index (κ3) is 9.93. The molecule has 0 aliphatic carbocycles. The summed E-state index contributed by atoms with van der Waals surface area (Å²) in [6, 6.07) is 23.2. The van der Waals surface area contributed by atoms with Gasteiger partial charge in [-0.2, -0.15) is 0 Å². The Labute approximate surface area is 352 Å². The molecule has 0 saturated carbocycles. The number of nitrogens with one attached hydrogen (secondary N) is 2. The predicted molar refractivity (Wildman–Crippen MR) is 229 cm³/mol. The summed E-state index contributed by atoms with van der Waals surface area (Å²) in [5, 5.41) is 6.79. The van der Waals surface area contributed by atoms with Gasteiger partial charge in [0, 0.05) is 94.1 Å². The normalized spacial score (nSPS) is 17.0. The highest BCUT2D eigenvalue weighted by Crippen LogP contribution is 2.48. The van der Waals surface area contributed by atoms with Crippen LogP contribution in [0.15, 0.2) is 104 Å². The topological polar surface area (TPSA) is 98.8 Å². The van der Waals surface area contributed by atoms with E-state index in [2.05, 4.69) is 42.5 Å². The van der Waals surface area contributed by atoms with Crippen LogP contribution in [-0.2, 0) is 19.2 Å². The standard InChI is InChI=1S/C42H38Br2Cl2N4O4S/c1-25(51)47-29-19-21-49(23-29)37(53)17-13-27-11-15-35(41(45)39(27)31-7-3-5-9-33(31)43)55-36-16-12-28(40(42(36)46)32-8-4-6-10-34(32)44)14-18-38(54)50-22-20-30(24-50)48-26(2)52/h3-18,29-30H,19-24H2,1-2H3,(H,47,51)(H,48,52)/b17-13+,18-14+. The molecule has 2 N–H and O–H groups in total. The first-order valence-corrected chi connectivity index (χ1v) is 20.9. The lowest BCUT2D eigenvalue weighted by atomic mass is 9.99. The second-order valence-electron chi connectivity index (χ2n) is 13.4. The molecule has 2 heterocycles. The van der Waals surface area contributed by atoms with Crippen LogP contribution >= 0.6 is 66.8 Å². The van der Waals surface area contributed by atoms with E-state index in [-0.39, 0.29) is 35.7 Å². The Morgan fingerprint density at radius 1 is 0.655 bits per heavy atom. The summed E-state index contributed by atoms with van der Waals surface area (Å²) in [5.41, 5.74) is 4.76. The Bertz CT molecular complexity index is 2060. The summed E-state index contributed by atoms with van der Waals surface area (Å²) in [6.45, 7) is 5.01. The number of likely N-dealkylation sites (tertiary alicyclic amines) is 2. The molecular formula is C42H38Br2Cl2N4O4S. The number of rotatable bonds is 10. The summed E-state index contributed by atoms with van der Waals surface area (Å²) in [7, 11) is 0. The number of nitrogens with zero attached hydrogens (tertiary/aromatic N) is 2. The summed E-state index contributed by atoms with van der Waals surface area (Å²) >= 11 is 23.4. The van der Waals surface area contributed by atoms with E-state index in [4.69, 9.17) is 23.2 Å². The van der Waals surface area contributed by atoms with Gasteiger partial charge in [0.1, 0.15) is 0 Å². The first-order valence-electron chi connectivity index (χ1n) is 17.7. The molecule has 284 valence electrons. The summed E-state index contributed by atoms with van der Waals surface area (Å²) < 4.78 is 1.69. The molecule has 2 aliphatic heterocycles. The van der Waals surface area contributed by atoms with Crippen LogP contribution in [0.5, 0.6) is 0 Å². The van der Waals surface area contributed by atoms with E-state index in [1.165, 1.54) is 25.6 Å². The van der Waals surface area contributed by atoms with E-state index < -0.39 is 0 Å². The van der Waals surface area contributed by atoms with Crippen LogP contribution in [0, 0.1) is 0 Å². The van der Waals surface area contributed by atoms with Crippen molar-refractivity contribution in [3.63, 3.8) is 0 Å². The van der Waals surface area contributed by atoms with Gasteiger partial charge in [0.25, 0.3) is 0 Å². The molecule has 13 heteroatoms. The van der Waals surface area contributed by atoms with Gasteiger partial charge in [-0.3, -0.25) is 19.2 Å². The van der Waals surface area contributed by atoms with Crippen molar-refractivity contribution in [2.75, 3.05) is 26.2 Å². The van der Waals surface area contributed by atoms with Gasteiger partial charge in [0.2, 0.25) is 23.6 Å². The average molecular weight is 926 g/mol. The van der Waals surface area contributed by atoms with Gasteiger partial charge in [-0.1, -0.05) is 115 Å². The van der Waals surface area contributed by atoms with Crippen molar-refractivity contribution in [3.8, 4) is 22.3 Å². The molecule has 55 heavy (non-hydrogen) atoms. The van der Waals surface area contributed by atoms with E-state index in [9.17, 15) is 19.2 Å². The first kappa shape index (κ1) is 40.8. The minimum atomic E-state index is -0.141. The third-order valence-electron chi connectivity index (χ3n) is 9.41. The Morgan fingerprint density at radius 2 is 1.05 bits per heavy atom. The van der Waals surface area contributed by atoms with Crippen LogP contribution in [-0.4, -0.2) is 71.7 Å². The number of halogens is 4. The zero-order valence-corrected chi connectivity index (χ0v) is 35.6. The lowest BCUT2D eigenvalue weighted by Gasteiger charge is -2.18. The molecule has 0 aromatic heterocycles. The molecule has 2 aliphatic rings. The zero-order valence-electron chi connectivity index (χ0n) is 30.1. The first-order chi connectivity index (χ1) is 26.4. The Hall–Kier alpha value is -3.87. The predicted octanol–water partition coefficient (Wildman–Crippen LogP) is 9.50. The molecule has 8 nitrogen and oxygen atoms in total. The number of benzene rings is 4. The van der Waals surface area contributed by atoms with Gasteiger partial charge in [-0.15, -0.1) is 0 Å². The molecule has 0 radical (unpaired) electrons. The minimum Gasteiger partial charge on any atom is -0.352 e. The Morgan fingerprint density at radius 3 is 1.44 bits per heavy atom. The van der Waals surface area contributed by atoms with E-state index in [1.54, 1.807) is 34.1 Å². The number of carbonyl (C=O) groups excluding carboxylic acids is 4. The van der Waals surface area contributed by atoms with Crippen LogP contribution in [0.1, 0.15) is 37.8 Å². The second kappa shape index (κ2) is 18.4. The molecule has 2 saturated heterocycles. The fourth-order valence-electron chi connectivity index (χ4n) is 6.84. The van der Waals surface area contributed by atoms with Crippen molar-refractivity contribution < 1.29 is 19.2 Å². The van der Waals surface area contributed by atoms with Crippen molar-refractivity contribution in [2.45, 2.75) is 48.6 Å². The number of amides is 4. The molecule has 4 aromatic rings. The van der Waals surface area contributed by atoms with Crippen molar-refractivity contribution in [1.29, 1.82) is 0 Å². The van der Waals surface area contributed by atoms with Crippen LogP contribution in [0.2, 0.25) is 10.0 Å². The highest BCUT2D eigenvalue weighted by atomic mass is 79.9. The van der Waals surface area contributed by atoms with Crippen LogP contribution in [0.3, 0.4) is 0 Å². The molecule has 2 atom stereocenters. The maximum absolute atomic E-state index is 13.2. The molecular weight excluding hydrogens is 887 g/mol. The van der Waals surface area contributed by atoms with Crippen molar-refractivity contribution in [1.82, 2.24) is 20.4 Å². The van der Waals surface area contributed by atoms with Crippen LogP contribution in [0.25, 0.3) is 34.4 Å². The summed E-state index contributed by atoms with van der Waals surface area (Å²) in [4.78, 5) is 54.5. The third-order valence-corrected chi connectivity index (χ3v) is 12.9. The smallest absolute Gasteiger partial charge is 0.246 e. The SMILES string of the molecule is CC(=O)NC1CCN(C(=O)/C=C/c2ccc(Sc3ccc(/C=C/C(=O)N4CCC(NC(C)=O)C4)c(-c4ccccc4Br)c3Cl)c(Cl)c2-c2ccccc2Br)C1. The molecule has 0 spiro atoms. The molecule has 4 amide bonds. The van der Waals surface area contributed by atoms with Crippen LogP contribution in [0.4, 0.5) is 0 Å². The average Bonchev–Trinajstić information content (AvgIpc) is 3.82. The molecule has 2 fully saturated rings. The summed E-state index contributed by atoms with van der Waals surface area (Å²) in [5.74, 6) is -0.500. The largest absolute Gasteiger partial charge is 0.352 e. The van der Waals surface area contributed by atoms with Crippen molar-refractivity contribution in [3.05, 3.63) is 115 Å². The lowest BCUT2D eigenvalue weighted by Crippen LogP contribution is -2.36. The van der Waals surface area contributed by atoms with Gasteiger partial charge in [0.15, 0.2) is 0 Å². The maximum Gasteiger partial charge on any atom is 0.246 e. The maximum atomic E-state index is 13.2. The fraction of sp³-hybridized carbons (Fsp3) is 0.238. The number of carbonyl (C=O) groups is 4. The summed E-state index contributed by atoms with van der Waals surface area (Å²) in [6.07, 6.45) is 8.09. The highest BCUT2D eigenvalue weighted by molar-refractivity contribution is 9.11. The van der Waals surface area contributed by atoms with Crippen molar-refractivity contribution >= 4 is 103 Å².